The standard InChI is InChI=1S/C16H19N3O3S.C2HF3O2/c20-23(21,15-4-2-1-3-5-15)19-8-6-16(12-19)10-14(11-22-16)18-9-7-17-13-18;3-2(4,5)1(6)7/h1-5,7,9,13-14H,6,8,10-12H2;(H,6,7). The molecular weight excluding hydrogens is 427 g/mol. The summed E-state index contributed by atoms with van der Waals surface area (Å²) in [6.07, 6.45) is 1.96. The molecule has 0 saturated carbocycles. The maximum absolute atomic E-state index is 12.7. The van der Waals surface area contributed by atoms with Crippen LogP contribution >= 0.6 is 0 Å². The molecule has 1 spiro atoms. The highest BCUT2D eigenvalue weighted by Gasteiger charge is 2.49. The number of hydrogen-bond acceptors (Lipinski definition) is 5. The fourth-order valence-corrected chi connectivity index (χ4v) is 5.07. The van der Waals surface area contributed by atoms with E-state index in [0.29, 0.717) is 24.6 Å². The summed E-state index contributed by atoms with van der Waals surface area (Å²) in [5.74, 6) is -2.76. The van der Waals surface area contributed by atoms with Crippen LogP contribution in [0.4, 0.5) is 13.2 Å². The minimum absolute atomic E-state index is 0.233. The van der Waals surface area contributed by atoms with Crippen molar-refractivity contribution in [2.45, 2.75) is 35.6 Å². The molecule has 0 amide bonds. The van der Waals surface area contributed by atoms with Gasteiger partial charge in [0.2, 0.25) is 10.0 Å². The highest BCUT2D eigenvalue weighted by atomic mass is 32.2. The number of benzene rings is 1. The number of halogens is 3. The number of imidazole rings is 1. The van der Waals surface area contributed by atoms with Crippen molar-refractivity contribution in [1.82, 2.24) is 13.9 Å². The zero-order valence-corrected chi connectivity index (χ0v) is 16.5. The summed E-state index contributed by atoms with van der Waals surface area (Å²) in [6.45, 7) is 1.54. The summed E-state index contributed by atoms with van der Waals surface area (Å²) in [7, 11) is -3.44. The molecule has 2 aliphatic rings. The van der Waals surface area contributed by atoms with Gasteiger partial charge in [-0.3, -0.25) is 0 Å². The number of rotatable bonds is 3. The van der Waals surface area contributed by atoms with Gasteiger partial charge in [0.15, 0.2) is 0 Å². The predicted molar refractivity (Wildman–Crippen MR) is 98.1 cm³/mol. The van der Waals surface area contributed by atoms with Crippen LogP contribution < -0.4 is 0 Å². The number of aromatic nitrogens is 2. The third-order valence-electron chi connectivity index (χ3n) is 5.04. The van der Waals surface area contributed by atoms with Gasteiger partial charge >= 0.3 is 12.1 Å². The average Bonchev–Trinajstić information content (AvgIpc) is 3.44. The van der Waals surface area contributed by atoms with Crippen molar-refractivity contribution in [3.05, 3.63) is 49.1 Å². The van der Waals surface area contributed by atoms with Gasteiger partial charge in [0.25, 0.3) is 0 Å². The second-order valence-electron chi connectivity index (χ2n) is 7.07. The van der Waals surface area contributed by atoms with E-state index in [1.807, 2.05) is 16.8 Å². The maximum atomic E-state index is 12.7. The lowest BCUT2D eigenvalue weighted by molar-refractivity contribution is -0.192. The van der Waals surface area contributed by atoms with Gasteiger partial charge in [-0.05, 0) is 18.6 Å². The summed E-state index contributed by atoms with van der Waals surface area (Å²) in [5.41, 5.74) is -0.364. The third kappa shape index (κ3) is 4.82. The Bertz CT molecular complexity index is 967. The van der Waals surface area contributed by atoms with Crippen LogP contribution in [0, 0.1) is 0 Å². The van der Waals surface area contributed by atoms with Crippen LogP contribution in [0.2, 0.25) is 0 Å². The fraction of sp³-hybridized carbons (Fsp3) is 0.444. The number of carboxylic acids is 1. The van der Waals surface area contributed by atoms with E-state index in [9.17, 15) is 21.6 Å². The number of aliphatic carboxylic acids is 1. The van der Waals surface area contributed by atoms with Gasteiger partial charge in [0, 0.05) is 31.9 Å². The van der Waals surface area contributed by atoms with Gasteiger partial charge in [-0.2, -0.15) is 17.5 Å². The van der Waals surface area contributed by atoms with E-state index < -0.39 is 22.2 Å². The van der Waals surface area contributed by atoms with E-state index >= 15 is 0 Å². The smallest absolute Gasteiger partial charge is 0.475 e. The van der Waals surface area contributed by atoms with Crippen molar-refractivity contribution < 1.29 is 36.2 Å². The Labute approximate surface area is 170 Å². The highest BCUT2D eigenvalue weighted by molar-refractivity contribution is 7.89. The van der Waals surface area contributed by atoms with Gasteiger partial charge in [0.05, 0.1) is 29.5 Å². The number of carboxylic acid groups (broad SMARTS) is 1. The average molecular weight is 447 g/mol. The van der Waals surface area contributed by atoms with E-state index in [1.54, 1.807) is 41.1 Å². The van der Waals surface area contributed by atoms with Crippen LogP contribution in [0.5, 0.6) is 0 Å². The predicted octanol–water partition coefficient (Wildman–Crippen LogP) is 2.31. The minimum Gasteiger partial charge on any atom is -0.475 e. The second kappa shape index (κ2) is 8.36. The molecule has 0 bridgehead atoms. The van der Waals surface area contributed by atoms with Crippen LogP contribution in [0.25, 0.3) is 0 Å². The Hall–Kier alpha value is -2.44. The van der Waals surface area contributed by atoms with Crippen LogP contribution in [-0.4, -0.2) is 64.8 Å². The summed E-state index contributed by atoms with van der Waals surface area (Å²) < 4.78 is 66.9. The van der Waals surface area contributed by atoms with Gasteiger partial charge in [-0.15, -0.1) is 0 Å². The minimum atomic E-state index is -5.08. The van der Waals surface area contributed by atoms with Crippen molar-refractivity contribution in [1.29, 1.82) is 0 Å². The quantitative estimate of drug-likeness (QED) is 0.775. The summed E-state index contributed by atoms with van der Waals surface area (Å²) in [5, 5.41) is 7.12. The molecule has 2 fully saturated rings. The van der Waals surface area contributed by atoms with Crippen molar-refractivity contribution in [3.63, 3.8) is 0 Å². The second-order valence-corrected chi connectivity index (χ2v) is 9.00. The Morgan fingerprint density at radius 3 is 2.50 bits per heavy atom. The topological polar surface area (TPSA) is 102 Å². The molecule has 0 radical (unpaired) electrons. The molecule has 1 aromatic carbocycles. The van der Waals surface area contributed by atoms with Crippen LogP contribution in [0.3, 0.4) is 0 Å². The Kier molecular flexibility index (Phi) is 6.20. The summed E-state index contributed by atoms with van der Waals surface area (Å²) >= 11 is 0. The lowest BCUT2D eigenvalue weighted by atomic mass is 9.97. The lowest BCUT2D eigenvalue weighted by Crippen LogP contribution is -2.35. The molecule has 2 unspecified atom stereocenters. The zero-order chi connectivity index (χ0) is 22.0. The van der Waals surface area contributed by atoms with Gasteiger partial charge in [0.1, 0.15) is 0 Å². The van der Waals surface area contributed by atoms with E-state index in [2.05, 4.69) is 4.98 Å². The number of alkyl halides is 3. The fourth-order valence-electron chi connectivity index (χ4n) is 3.54. The van der Waals surface area contributed by atoms with Crippen molar-refractivity contribution in [2.24, 2.45) is 0 Å². The molecule has 2 aromatic rings. The molecule has 0 aliphatic carbocycles. The zero-order valence-electron chi connectivity index (χ0n) is 15.7. The first-order valence-electron chi connectivity index (χ1n) is 9.00. The highest BCUT2D eigenvalue weighted by Crippen LogP contribution is 2.41. The largest absolute Gasteiger partial charge is 0.490 e. The van der Waals surface area contributed by atoms with E-state index in [4.69, 9.17) is 14.6 Å². The van der Waals surface area contributed by atoms with Crippen LogP contribution in [0.15, 0.2) is 53.9 Å². The summed E-state index contributed by atoms with van der Waals surface area (Å²) in [4.78, 5) is 13.3. The molecule has 1 aromatic heterocycles. The number of carbonyl (C=O) groups is 1. The first-order valence-corrected chi connectivity index (χ1v) is 10.4. The third-order valence-corrected chi connectivity index (χ3v) is 6.90. The summed E-state index contributed by atoms with van der Waals surface area (Å²) in [6, 6.07) is 8.84. The lowest BCUT2D eigenvalue weighted by Gasteiger charge is -2.23. The van der Waals surface area contributed by atoms with Crippen LogP contribution in [0.1, 0.15) is 18.9 Å². The SMILES string of the molecule is O=C(O)C(F)(F)F.O=S(=O)(c1ccccc1)N1CCC2(CC(n3ccnc3)CO2)C1. The van der Waals surface area contributed by atoms with E-state index in [-0.39, 0.29) is 11.6 Å². The molecule has 4 rings (SSSR count). The number of ether oxygens (including phenoxy) is 1. The van der Waals surface area contributed by atoms with Gasteiger partial charge in [-0.1, -0.05) is 18.2 Å². The van der Waals surface area contributed by atoms with Crippen molar-refractivity contribution >= 4 is 16.0 Å². The first-order chi connectivity index (χ1) is 14.0. The molecule has 1 N–H and O–H groups in total. The normalized spacial score (nSPS) is 24.6. The molecule has 8 nitrogen and oxygen atoms in total. The molecule has 12 heteroatoms. The maximum Gasteiger partial charge on any atom is 0.490 e. The first kappa shape index (κ1) is 22.2. The van der Waals surface area contributed by atoms with E-state index in [0.717, 1.165) is 12.8 Å². The Morgan fingerprint density at radius 2 is 1.93 bits per heavy atom. The molecular formula is C18H20F3N3O5S. The molecule has 164 valence electrons. The van der Waals surface area contributed by atoms with E-state index in [1.165, 1.54) is 0 Å². The molecule has 2 aliphatic heterocycles. The number of hydrogen-bond donors (Lipinski definition) is 1. The van der Waals surface area contributed by atoms with Gasteiger partial charge in [-0.25, -0.2) is 18.2 Å². The number of nitrogens with zero attached hydrogens (tertiary/aromatic N) is 3. The number of sulfonamides is 1. The Balaban J connectivity index is 0.000000318. The van der Waals surface area contributed by atoms with Crippen LogP contribution in [-0.2, 0) is 19.6 Å². The monoisotopic (exact) mass is 447 g/mol. The molecule has 2 atom stereocenters. The van der Waals surface area contributed by atoms with Crippen molar-refractivity contribution in [2.75, 3.05) is 19.7 Å². The van der Waals surface area contributed by atoms with Gasteiger partial charge < -0.3 is 14.4 Å². The molecule has 2 saturated heterocycles. The molecule has 30 heavy (non-hydrogen) atoms. The van der Waals surface area contributed by atoms with Crippen molar-refractivity contribution in [3.8, 4) is 0 Å². The molecule has 3 heterocycles. The Morgan fingerprint density at radius 1 is 1.27 bits per heavy atom.